The molecule has 1 aliphatic heterocycles. The molecule has 3 aromatic rings. The minimum absolute atomic E-state index is 0.0779. The van der Waals surface area contributed by atoms with E-state index in [1.54, 1.807) is 17.9 Å². The van der Waals surface area contributed by atoms with Crippen LogP contribution in [0.3, 0.4) is 0 Å². The molecule has 1 fully saturated rings. The second kappa shape index (κ2) is 9.13. The lowest BCUT2D eigenvalue weighted by molar-refractivity contribution is -0.385. The Kier molecular flexibility index (Phi) is 6.26. The fraction of sp³-hybridized carbons (Fsp3) is 0.208. The minimum Gasteiger partial charge on any atom is -0.336 e. The summed E-state index contributed by atoms with van der Waals surface area (Å²) in [5.41, 5.74) is 2.49. The molecule has 1 amide bonds. The summed E-state index contributed by atoms with van der Waals surface area (Å²) in [5, 5.41) is 11.1. The molecular weight excluding hydrogens is 442 g/mol. The molecule has 3 aromatic carbocycles. The number of nitro groups is 1. The zero-order valence-electron chi connectivity index (χ0n) is 18.0. The zero-order valence-corrected chi connectivity index (χ0v) is 18.9. The second-order valence-corrected chi connectivity index (χ2v) is 9.72. The Morgan fingerprint density at radius 3 is 2.21 bits per heavy atom. The molecule has 0 bridgehead atoms. The lowest BCUT2D eigenvalue weighted by Crippen LogP contribution is -2.50. The number of nitro benzene ring substituents is 1. The van der Waals surface area contributed by atoms with Crippen molar-refractivity contribution in [2.45, 2.75) is 11.8 Å². The van der Waals surface area contributed by atoms with Gasteiger partial charge in [-0.2, -0.15) is 4.31 Å². The Hall–Kier alpha value is -3.56. The van der Waals surface area contributed by atoms with E-state index in [2.05, 4.69) is 0 Å². The summed E-state index contributed by atoms with van der Waals surface area (Å²) < 4.78 is 27.6. The Balaban J connectivity index is 1.53. The molecule has 9 heteroatoms. The third-order valence-electron chi connectivity index (χ3n) is 5.77. The van der Waals surface area contributed by atoms with E-state index in [0.717, 1.165) is 17.2 Å². The summed E-state index contributed by atoms with van der Waals surface area (Å²) in [6.45, 7) is 2.30. The first-order valence-corrected chi connectivity index (χ1v) is 11.9. The van der Waals surface area contributed by atoms with Crippen molar-refractivity contribution in [1.29, 1.82) is 0 Å². The van der Waals surface area contributed by atoms with Crippen LogP contribution in [-0.2, 0) is 10.0 Å². The van der Waals surface area contributed by atoms with E-state index in [4.69, 9.17) is 0 Å². The maximum Gasteiger partial charge on any atom is 0.270 e. The van der Waals surface area contributed by atoms with Crippen LogP contribution in [-0.4, -0.2) is 54.6 Å². The summed E-state index contributed by atoms with van der Waals surface area (Å²) >= 11 is 0. The number of aryl methyl sites for hydroxylation is 1. The van der Waals surface area contributed by atoms with Crippen LogP contribution >= 0.6 is 0 Å². The van der Waals surface area contributed by atoms with Gasteiger partial charge >= 0.3 is 0 Å². The quantitative estimate of drug-likeness (QED) is 0.422. The molecule has 0 unspecified atom stereocenters. The molecule has 1 heterocycles. The van der Waals surface area contributed by atoms with Crippen LogP contribution in [0.4, 0.5) is 5.69 Å². The van der Waals surface area contributed by atoms with Gasteiger partial charge in [-0.1, -0.05) is 54.6 Å². The summed E-state index contributed by atoms with van der Waals surface area (Å²) in [7, 11) is -3.92. The fourth-order valence-electron chi connectivity index (χ4n) is 3.96. The molecule has 170 valence electrons. The van der Waals surface area contributed by atoms with Crippen molar-refractivity contribution in [2.75, 3.05) is 26.2 Å². The van der Waals surface area contributed by atoms with E-state index in [9.17, 15) is 23.3 Å². The Morgan fingerprint density at radius 2 is 1.55 bits per heavy atom. The van der Waals surface area contributed by atoms with Crippen molar-refractivity contribution >= 4 is 21.6 Å². The minimum atomic E-state index is -3.92. The number of piperazine rings is 1. The van der Waals surface area contributed by atoms with Crippen molar-refractivity contribution in [2.24, 2.45) is 0 Å². The van der Waals surface area contributed by atoms with Crippen LogP contribution in [0.1, 0.15) is 15.9 Å². The van der Waals surface area contributed by atoms with Crippen molar-refractivity contribution in [1.82, 2.24) is 9.21 Å². The molecule has 0 aliphatic carbocycles. The van der Waals surface area contributed by atoms with E-state index in [-0.39, 0.29) is 42.7 Å². The highest BCUT2D eigenvalue weighted by Gasteiger charge is 2.32. The van der Waals surface area contributed by atoms with Crippen molar-refractivity contribution < 1.29 is 18.1 Å². The standard InChI is InChI=1S/C24H23N3O5S/c1-18-11-12-20(27(29)30)17-23(18)33(31,32)26-15-13-25(14-16-26)24(28)22-10-6-5-9-21(22)19-7-3-2-4-8-19/h2-12,17H,13-16H2,1H3. The number of hydrogen-bond donors (Lipinski definition) is 0. The van der Waals surface area contributed by atoms with Crippen LogP contribution in [0, 0.1) is 17.0 Å². The van der Waals surface area contributed by atoms with Crippen molar-refractivity contribution in [3.63, 3.8) is 0 Å². The number of nitrogens with zero attached hydrogens (tertiary/aromatic N) is 3. The van der Waals surface area contributed by atoms with Gasteiger partial charge in [0.1, 0.15) is 0 Å². The number of non-ortho nitro benzene ring substituents is 1. The summed E-state index contributed by atoms with van der Waals surface area (Å²) in [6, 6.07) is 20.8. The maximum absolute atomic E-state index is 13.3. The third-order valence-corrected chi connectivity index (χ3v) is 7.81. The van der Waals surface area contributed by atoms with Crippen molar-refractivity contribution in [3.8, 4) is 11.1 Å². The lowest BCUT2D eigenvalue weighted by atomic mass is 9.99. The lowest BCUT2D eigenvalue weighted by Gasteiger charge is -2.34. The van der Waals surface area contributed by atoms with Gasteiger partial charge in [0.15, 0.2) is 0 Å². The number of benzene rings is 3. The van der Waals surface area contributed by atoms with Gasteiger partial charge in [-0.15, -0.1) is 0 Å². The second-order valence-electron chi connectivity index (χ2n) is 7.81. The number of carbonyl (C=O) groups is 1. The molecule has 4 rings (SSSR count). The smallest absolute Gasteiger partial charge is 0.270 e. The average molecular weight is 466 g/mol. The van der Waals surface area contributed by atoms with Gasteiger partial charge in [0, 0.05) is 43.9 Å². The van der Waals surface area contributed by atoms with E-state index < -0.39 is 14.9 Å². The topological polar surface area (TPSA) is 101 Å². The van der Waals surface area contributed by atoms with Gasteiger partial charge in [-0.25, -0.2) is 8.42 Å². The molecule has 0 atom stereocenters. The maximum atomic E-state index is 13.3. The molecule has 0 radical (unpaired) electrons. The number of rotatable bonds is 5. The van der Waals surface area contributed by atoms with Gasteiger partial charge < -0.3 is 4.90 Å². The molecule has 0 aromatic heterocycles. The first kappa shape index (κ1) is 22.6. The Morgan fingerprint density at radius 1 is 0.909 bits per heavy atom. The summed E-state index contributed by atoms with van der Waals surface area (Å²) in [4.78, 5) is 25.3. The molecule has 0 N–H and O–H groups in total. The Bertz CT molecular complexity index is 1300. The zero-order chi connectivity index (χ0) is 23.6. The fourth-order valence-corrected chi connectivity index (χ4v) is 5.63. The van der Waals surface area contributed by atoms with Crippen LogP contribution in [0.25, 0.3) is 11.1 Å². The highest BCUT2D eigenvalue weighted by molar-refractivity contribution is 7.89. The van der Waals surface area contributed by atoms with E-state index in [0.29, 0.717) is 11.1 Å². The van der Waals surface area contributed by atoms with E-state index in [1.807, 2.05) is 48.5 Å². The number of amides is 1. The largest absolute Gasteiger partial charge is 0.336 e. The third kappa shape index (κ3) is 4.50. The average Bonchev–Trinajstić information content (AvgIpc) is 2.84. The summed E-state index contributed by atoms with van der Waals surface area (Å²) in [6.07, 6.45) is 0. The van der Waals surface area contributed by atoms with Crippen LogP contribution in [0.5, 0.6) is 0 Å². The molecule has 1 saturated heterocycles. The van der Waals surface area contributed by atoms with Crippen molar-refractivity contribution in [3.05, 3.63) is 94.0 Å². The predicted octanol–water partition coefficient (Wildman–Crippen LogP) is 3.72. The summed E-state index contributed by atoms with van der Waals surface area (Å²) in [5.74, 6) is -0.155. The van der Waals surface area contributed by atoms with Gasteiger partial charge in [0.25, 0.3) is 11.6 Å². The SMILES string of the molecule is Cc1ccc([N+](=O)[O-])cc1S(=O)(=O)N1CCN(C(=O)c2ccccc2-c2ccccc2)CC1. The van der Waals surface area contributed by atoms with Crippen LogP contribution in [0.2, 0.25) is 0 Å². The highest BCUT2D eigenvalue weighted by Crippen LogP contribution is 2.27. The van der Waals surface area contributed by atoms with E-state index in [1.165, 1.54) is 16.4 Å². The highest BCUT2D eigenvalue weighted by atomic mass is 32.2. The molecule has 33 heavy (non-hydrogen) atoms. The Labute approximate surface area is 192 Å². The molecule has 0 spiro atoms. The van der Waals surface area contributed by atoms with Crippen LogP contribution < -0.4 is 0 Å². The van der Waals surface area contributed by atoms with Gasteiger partial charge in [0.05, 0.1) is 9.82 Å². The van der Waals surface area contributed by atoms with E-state index >= 15 is 0 Å². The number of hydrogen-bond acceptors (Lipinski definition) is 5. The number of sulfonamides is 1. The molecule has 0 saturated carbocycles. The number of carbonyl (C=O) groups excluding carboxylic acids is 1. The molecule has 1 aliphatic rings. The molecule has 8 nitrogen and oxygen atoms in total. The van der Waals surface area contributed by atoms with Gasteiger partial charge in [0.2, 0.25) is 10.0 Å². The first-order valence-electron chi connectivity index (χ1n) is 10.5. The monoisotopic (exact) mass is 465 g/mol. The molecular formula is C24H23N3O5S. The normalized spacial score (nSPS) is 14.8. The first-order chi connectivity index (χ1) is 15.8. The van der Waals surface area contributed by atoms with Gasteiger partial charge in [-0.3, -0.25) is 14.9 Å². The predicted molar refractivity (Wildman–Crippen MR) is 124 cm³/mol. The van der Waals surface area contributed by atoms with Gasteiger partial charge in [-0.05, 0) is 29.7 Å². The van der Waals surface area contributed by atoms with Crippen LogP contribution in [0.15, 0.2) is 77.7 Å².